The summed E-state index contributed by atoms with van der Waals surface area (Å²) in [6, 6.07) is 11.7. The molecule has 7 heteroatoms. The summed E-state index contributed by atoms with van der Waals surface area (Å²) >= 11 is 6.59. The SMILES string of the molecule is C=CCN1C(=O)C(=Cc2ccc(OCCOc3ccc(C)cc3C)c(OCC)c2)SC1=S. The van der Waals surface area contributed by atoms with Crippen molar-refractivity contribution in [1.29, 1.82) is 0 Å². The van der Waals surface area contributed by atoms with Crippen molar-refractivity contribution in [1.82, 2.24) is 4.90 Å². The number of benzene rings is 2. The Bertz CT molecular complexity index is 1050. The van der Waals surface area contributed by atoms with Gasteiger partial charge in [0.1, 0.15) is 23.3 Å². The van der Waals surface area contributed by atoms with Crippen LogP contribution >= 0.6 is 24.0 Å². The summed E-state index contributed by atoms with van der Waals surface area (Å²) < 4.78 is 18.0. The standard InChI is InChI=1S/C25H27NO4S2/c1-5-11-26-24(27)23(32-25(26)31)16-19-8-10-21(22(15-19)28-6-2)30-13-12-29-20-9-7-17(3)14-18(20)4/h5,7-10,14-16H,1,6,11-13H2,2-4H3. The molecule has 1 amide bonds. The van der Waals surface area contributed by atoms with Crippen LogP contribution in [0.1, 0.15) is 23.6 Å². The summed E-state index contributed by atoms with van der Waals surface area (Å²) in [5.41, 5.74) is 3.14. The van der Waals surface area contributed by atoms with Gasteiger partial charge in [-0.05, 0) is 56.2 Å². The molecule has 0 bridgehead atoms. The van der Waals surface area contributed by atoms with Crippen molar-refractivity contribution in [3.8, 4) is 17.2 Å². The van der Waals surface area contributed by atoms with Gasteiger partial charge in [0.25, 0.3) is 5.91 Å². The smallest absolute Gasteiger partial charge is 0.266 e. The highest BCUT2D eigenvalue weighted by molar-refractivity contribution is 8.26. The molecule has 2 aromatic carbocycles. The number of hydrogen-bond acceptors (Lipinski definition) is 6. The van der Waals surface area contributed by atoms with E-state index >= 15 is 0 Å². The predicted molar refractivity (Wildman–Crippen MR) is 135 cm³/mol. The summed E-state index contributed by atoms with van der Waals surface area (Å²) in [5, 5.41) is 0. The highest BCUT2D eigenvalue weighted by Crippen LogP contribution is 2.34. The maximum absolute atomic E-state index is 12.6. The van der Waals surface area contributed by atoms with Gasteiger partial charge < -0.3 is 14.2 Å². The molecule has 1 heterocycles. The predicted octanol–water partition coefficient (Wildman–Crippen LogP) is 5.55. The van der Waals surface area contributed by atoms with Crippen LogP contribution in [0.5, 0.6) is 17.2 Å². The monoisotopic (exact) mass is 469 g/mol. The lowest BCUT2D eigenvalue weighted by Gasteiger charge is -2.14. The first-order chi connectivity index (χ1) is 15.4. The molecule has 2 aromatic rings. The summed E-state index contributed by atoms with van der Waals surface area (Å²) in [7, 11) is 0. The summed E-state index contributed by atoms with van der Waals surface area (Å²) in [5.74, 6) is 2.00. The molecular formula is C25H27NO4S2. The third kappa shape index (κ3) is 5.93. The third-order valence-corrected chi connectivity index (χ3v) is 6.06. The molecule has 3 rings (SSSR count). The third-order valence-electron chi connectivity index (χ3n) is 4.68. The fraction of sp³-hybridized carbons (Fsp3) is 0.280. The van der Waals surface area contributed by atoms with E-state index in [9.17, 15) is 4.79 Å². The van der Waals surface area contributed by atoms with Gasteiger partial charge in [-0.25, -0.2) is 0 Å². The molecule has 1 aliphatic rings. The Morgan fingerprint density at radius 1 is 1.03 bits per heavy atom. The number of amides is 1. The second-order valence-corrected chi connectivity index (χ2v) is 8.86. The molecular weight excluding hydrogens is 442 g/mol. The van der Waals surface area contributed by atoms with Gasteiger partial charge in [0.15, 0.2) is 11.5 Å². The zero-order chi connectivity index (χ0) is 23.1. The van der Waals surface area contributed by atoms with Crippen LogP contribution in [-0.4, -0.2) is 41.5 Å². The summed E-state index contributed by atoms with van der Waals surface area (Å²) in [6.45, 7) is 11.4. The zero-order valence-corrected chi connectivity index (χ0v) is 20.2. The Balaban J connectivity index is 1.66. The molecule has 0 radical (unpaired) electrons. The number of thioether (sulfide) groups is 1. The Labute approximate surface area is 199 Å². The van der Waals surface area contributed by atoms with Crippen molar-refractivity contribution in [2.45, 2.75) is 20.8 Å². The van der Waals surface area contributed by atoms with E-state index in [1.54, 1.807) is 6.08 Å². The fourth-order valence-corrected chi connectivity index (χ4v) is 4.48. The lowest BCUT2D eigenvalue weighted by Crippen LogP contribution is -2.27. The molecule has 0 N–H and O–H groups in total. The van der Waals surface area contributed by atoms with Gasteiger partial charge in [0.05, 0.1) is 11.5 Å². The minimum Gasteiger partial charge on any atom is -0.490 e. The minimum atomic E-state index is -0.110. The zero-order valence-electron chi connectivity index (χ0n) is 18.6. The highest BCUT2D eigenvalue weighted by atomic mass is 32.2. The van der Waals surface area contributed by atoms with Gasteiger partial charge >= 0.3 is 0 Å². The number of thiocarbonyl (C=S) groups is 1. The van der Waals surface area contributed by atoms with Gasteiger partial charge in [-0.15, -0.1) is 6.58 Å². The molecule has 1 aliphatic heterocycles. The van der Waals surface area contributed by atoms with Gasteiger partial charge in [-0.1, -0.05) is 53.8 Å². The van der Waals surface area contributed by atoms with Crippen molar-refractivity contribution >= 4 is 40.3 Å². The van der Waals surface area contributed by atoms with Crippen molar-refractivity contribution in [2.75, 3.05) is 26.4 Å². The van der Waals surface area contributed by atoms with Crippen LogP contribution in [0.3, 0.4) is 0 Å². The largest absolute Gasteiger partial charge is 0.490 e. The average Bonchev–Trinajstić information content (AvgIpc) is 3.01. The molecule has 0 aliphatic carbocycles. The Hall–Kier alpha value is -2.77. The molecule has 0 unspecified atom stereocenters. The normalized spacial score (nSPS) is 14.7. The van der Waals surface area contributed by atoms with E-state index < -0.39 is 0 Å². The first-order valence-electron chi connectivity index (χ1n) is 10.4. The second-order valence-electron chi connectivity index (χ2n) is 7.19. The number of hydrogen-bond donors (Lipinski definition) is 0. The van der Waals surface area contributed by atoms with Crippen LogP contribution < -0.4 is 14.2 Å². The van der Waals surface area contributed by atoms with E-state index in [0.29, 0.717) is 47.1 Å². The number of aryl methyl sites for hydroxylation is 2. The van der Waals surface area contributed by atoms with E-state index in [4.69, 9.17) is 26.4 Å². The van der Waals surface area contributed by atoms with Crippen LogP contribution in [0.25, 0.3) is 6.08 Å². The number of ether oxygens (including phenoxy) is 3. The number of carbonyl (C=O) groups excluding carboxylic acids is 1. The molecule has 168 valence electrons. The van der Waals surface area contributed by atoms with E-state index in [-0.39, 0.29) is 5.91 Å². The van der Waals surface area contributed by atoms with E-state index in [0.717, 1.165) is 16.9 Å². The Morgan fingerprint density at radius 2 is 1.75 bits per heavy atom. The van der Waals surface area contributed by atoms with Gasteiger partial charge in [0.2, 0.25) is 0 Å². The van der Waals surface area contributed by atoms with Crippen molar-refractivity contribution < 1.29 is 19.0 Å². The first kappa shape index (κ1) is 23.9. The van der Waals surface area contributed by atoms with Crippen LogP contribution in [0.15, 0.2) is 54.0 Å². The highest BCUT2D eigenvalue weighted by Gasteiger charge is 2.31. The molecule has 1 saturated heterocycles. The van der Waals surface area contributed by atoms with Crippen molar-refractivity contribution in [3.63, 3.8) is 0 Å². The Kier molecular flexibility index (Phi) is 8.36. The fourth-order valence-electron chi connectivity index (χ4n) is 3.20. The van der Waals surface area contributed by atoms with Crippen LogP contribution in [-0.2, 0) is 4.79 Å². The molecule has 0 atom stereocenters. The first-order valence-corrected chi connectivity index (χ1v) is 11.6. The molecule has 0 saturated carbocycles. The van der Waals surface area contributed by atoms with E-state index in [2.05, 4.69) is 19.6 Å². The second kappa shape index (κ2) is 11.2. The lowest BCUT2D eigenvalue weighted by atomic mass is 10.1. The van der Waals surface area contributed by atoms with E-state index in [1.807, 2.05) is 50.3 Å². The van der Waals surface area contributed by atoms with Gasteiger partial charge in [0, 0.05) is 6.54 Å². The summed E-state index contributed by atoms with van der Waals surface area (Å²) in [6.07, 6.45) is 3.48. The molecule has 0 aromatic heterocycles. The minimum absolute atomic E-state index is 0.110. The maximum Gasteiger partial charge on any atom is 0.266 e. The summed E-state index contributed by atoms with van der Waals surface area (Å²) in [4.78, 5) is 14.7. The van der Waals surface area contributed by atoms with Crippen LogP contribution in [0, 0.1) is 13.8 Å². The molecule has 1 fully saturated rings. The number of carbonyl (C=O) groups is 1. The molecule has 32 heavy (non-hydrogen) atoms. The van der Waals surface area contributed by atoms with Crippen molar-refractivity contribution in [3.05, 3.63) is 70.6 Å². The number of rotatable bonds is 10. The number of nitrogens with zero attached hydrogens (tertiary/aromatic N) is 1. The van der Waals surface area contributed by atoms with Crippen molar-refractivity contribution in [2.24, 2.45) is 0 Å². The molecule has 5 nitrogen and oxygen atoms in total. The van der Waals surface area contributed by atoms with Crippen LogP contribution in [0.4, 0.5) is 0 Å². The van der Waals surface area contributed by atoms with Crippen LogP contribution in [0.2, 0.25) is 0 Å². The average molecular weight is 470 g/mol. The van der Waals surface area contributed by atoms with Gasteiger partial charge in [-0.2, -0.15) is 0 Å². The quantitative estimate of drug-likeness (QED) is 0.197. The van der Waals surface area contributed by atoms with Gasteiger partial charge in [-0.3, -0.25) is 9.69 Å². The van der Waals surface area contributed by atoms with E-state index in [1.165, 1.54) is 22.2 Å². The Morgan fingerprint density at radius 3 is 2.44 bits per heavy atom. The maximum atomic E-state index is 12.6. The lowest BCUT2D eigenvalue weighted by molar-refractivity contribution is -0.121. The topological polar surface area (TPSA) is 48.0 Å². The molecule has 0 spiro atoms.